The van der Waals surface area contributed by atoms with Crippen molar-refractivity contribution < 1.29 is 37.4 Å². The van der Waals surface area contributed by atoms with Gasteiger partial charge in [0, 0.05) is 6.54 Å². The number of nitrogens with one attached hydrogen (secondary N) is 2. The minimum Gasteiger partial charge on any atom is -0.548 e. The highest BCUT2D eigenvalue weighted by atomic mass is 19.4. The number of alkyl carbamates (subject to hydrolysis) is 1. The van der Waals surface area contributed by atoms with Crippen LogP contribution < -0.4 is 15.7 Å². The Balaban J connectivity index is 4.14. The second-order valence-corrected chi connectivity index (χ2v) is 5.77. The van der Waals surface area contributed by atoms with Gasteiger partial charge in [-0.2, -0.15) is 13.2 Å². The Bertz CT molecular complexity index is 432. The van der Waals surface area contributed by atoms with E-state index in [4.69, 9.17) is 4.74 Å². The van der Waals surface area contributed by atoms with Crippen molar-refractivity contribution in [3.8, 4) is 0 Å². The number of hydrogen-bond acceptors (Lipinski definition) is 5. The smallest absolute Gasteiger partial charge is 0.471 e. The number of halogens is 3. The molecule has 0 bridgehead atoms. The van der Waals surface area contributed by atoms with Crippen LogP contribution in [0.15, 0.2) is 0 Å². The molecule has 0 unspecified atom stereocenters. The normalized spacial score (nSPS) is 13.1. The van der Waals surface area contributed by atoms with Crippen molar-refractivity contribution in [3.63, 3.8) is 0 Å². The van der Waals surface area contributed by atoms with Gasteiger partial charge in [0.15, 0.2) is 0 Å². The molecule has 0 aromatic carbocycles. The first-order chi connectivity index (χ1) is 10.3. The van der Waals surface area contributed by atoms with E-state index < -0.39 is 35.8 Å². The third-order valence-electron chi connectivity index (χ3n) is 2.44. The predicted octanol–water partition coefficient (Wildman–Crippen LogP) is 0.478. The highest BCUT2D eigenvalue weighted by Crippen LogP contribution is 2.14. The maximum absolute atomic E-state index is 11.9. The minimum atomic E-state index is -4.95. The topological polar surface area (TPSA) is 108 Å². The molecule has 0 saturated carbocycles. The number of hydrogen-bond donors (Lipinski definition) is 2. The SMILES string of the molecule is CC(C)(C)OC(=O)N[C@H](CCCCNC(=O)C(F)(F)F)C(=O)[O-]. The van der Waals surface area contributed by atoms with Crippen LogP contribution in [0.1, 0.15) is 40.0 Å². The van der Waals surface area contributed by atoms with Crippen LogP contribution in [0.3, 0.4) is 0 Å². The van der Waals surface area contributed by atoms with E-state index in [2.05, 4.69) is 5.32 Å². The van der Waals surface area contributed by atoms with Crippen LogP contribution in [0.4, 0.5) is 18.0 Å². The van der Waals surface area contributed by atoms with Crippen LogP contribution in [-0.4, -0.2) is 42.3 Å². The highest BCUT2D eigenvalue weighted by Gasteiger charge is 2.38. The number of unbranched alkanes of at least 4 members (excludes halogenated alkanes) is 1. The quantitative estimate of drug-likeness (QED) is 0.655. The lowest BCUT2D eigenvalue weighted by Crippen LogP contribution is -2.49. The highest BCUT2D eigenvalue weighted by molar-refractivity contribution is 5.81. The van der Waals surface area contributed by atoms with Crippen LogP contribution in [0, 0.1) is 0 Å². The monoisotopic (exact) mass is 341 g/mol. The molecule has 0 aromatic heterocycles. The van der Waals surface area contributed by atoms with E-state index in [0.29, 0.717) is 0 Å². The molecule has 134 valence electrons. The van der Waals surface area contributed by atoms with Gasteiger partial charge in [-0.25, -0.2) is 4.79 Å². The summed E-state index contributed by atoms with van der Waals surface area (Å²) in [5, 5.41) is 14.7. The zero-order chi connectivity index (χ0) is 18.3. The van der Waals surface area contributed by atoms with Gasteiger partial charge in [-0.3, -0.25) is 4.79 Å². The van der Waals surface area contributed by atoms with E-state index in [9.17, 15) is 32.7 Å². The Labute approximate surface area is 131 Å². The molecule has 0 radical (unpaired) electrons. The van der Waals surface area contributed by atoms with Crippen LogP contribution >= 0.6 is 0 Å². The summed E-state index contributed by atoms with van der Waals surface area (Å²) in [6.45, 7) is 4.54. The number of carboxylic acid groups (broad SMARTS) is 1. The largest absolute Gasteiger partial charge is 0.548 e. The molecule has 0 aliphatic heterocycles. The number of aliphatic carboxylic acids is 1. The van der Waals surface area contributed by atoms with Crippen LogP contribution in [0.5, 0.6) is 0 Å². The minimum absolute atomic E-state index is 0.0660. The molecular weight excluding hydrogens is 321 g/mol. The van der Waals surface area contributed by atoms with Crippen LogP contribution in [0.2, 0.25) is 0 Å². The second kappa shape index (κ2) is 8.59. The van der Waals surface area contributed by atoms with Crippen LogP contribution in [0.25, 0.3) is 0 Å². The van der Waals surface area contributed by atoms with Crippen LogP contribution in [-0.2, 0) is 14.3 Å². The maximum atomic E-state index is 11.9. The molecule has 0 aliphatic carbocycles. The maximum Gasteiger partial charge on any atom is 0.471 e. The lowest BCUT2D eigenvalue weighted by atomic mass is 10.1. The molecule has 23 heavy (non-hydrogen) atoms. The van der Waals surface area contributed by atoms with Gasteiger partial charge in [0.2, 0.25) is 0 Å². The molecule has 0 aliphatic rings. The van der Waals surface area contributed by atoms with Gasteiger partial charge >= 0.3 is 18.2 Å². The van der Waals surface area contributed by atoms with Crippen molar-refractivity contribution in [2.24, 2.45) is 0 Å². The molecule has 0 heterocycles. The van der Waals surface area contributed by atoms with Gasteiger partial charge in [-0.1, -0.05) is 0 Å². The molecule has 0 aromatic rings. The first-order valence-electron chi connectivity index (χ1n) is 6.88. The average molecular weight is 341 g/mol. The molecule has 10 heteroatoms. The molecule has 0 spiro atoms. The number of amides is 2. The van der Waals surface area contributed by atoms with Crippen molar-refractivity contribution in [1.29, 1.82) is 0 Å². The van der Waals surface area contributed by atoms with Crippen molar-refractivity contribution >= 4 is 18.0 Å². The fraction of sp³-hybridized carbons (Fsp3) is 0.769. The van der Waals surface area contributed by atoms with Crippen molar-refractivity contribution in [1.82, 2.24) is 10.6 Å². The number of ether oxygens (including phenoxy) is 1. The molecule has 1 atom stereocenters. The molecule has 2 N–H and O–H groups in total. The van der Waals surface area contributed by atoms with Crippen molar-refractivity contribution in [2.45, 2.75) is 57.9 Å². The number of rotatable bonds is 7. The van der Waals surface area contributed by atoms with Gasteiger partial charge in [-0.15, -0.1) is 0 Å². The average Bonchev–Trinajstić information content (AvgIpc) is 2.32. The third kappa shape index (κ3) is 10.4. The summed E-state index contributed by atoms with van der Waals surface area (Å²) in [5.74, 6) is -3.59. The number of carboxylic acids is 1. The summed E-state index contributed by atoms with van der Waals surface area (Å²) < 4.78 is 40.6. The van der Waals surface area contributed by atoms with E-state index in [-0.39, 0.29) is 25.8 Å². The first-order valence-corrected chi connectivity index (χ1v) is 6.88. The summed E-state index contributed by atoms with van der Waals surface area (Å²) >= 11 is 0. The summed E-state index contributed by atoms with van der Waals surface area (Å²) in [4.78, 5) is 32.9. The van der Waals surface area contributed by atoms with E-state index >= 15 is 0 Å². The van der Waals surface area contributed by atoms with Gasteiger partial charge < -0.3 is 25.3 Å². The Hall–Kier alpha value is -2.00. The summed E-state index contributed by atoms with van der Waals surface area (Å²) in [6, 6.07) is -1.33. The van der Waals surface area contributed by atoms with E-state index in [0.717, 1.165) is 0 Å². The lowest BCUT2D eigenvalue weighted by molar-refractivity contribution is -0.308. The molecule has 0 fully saturated rings. The predicted molar refractivity (Wildman–Crippen MR) is 71.1 cm³/mol. The summed E-state index contributed by atoms with van der Waals surface area (Å²) in [5.41, 5.74) is -0.803. The fourth-order valence-corrected chi connectivity index (χ4v) is 1.47. The first kappa shape index (κ1) is 21.0. The Morgan fingerprint density at radius 3 is 2.13 bits per heavy atom. The van der Waals surface area contributed by atoms with Gasteiger partial charge in [0.25, 0.3) is 0 Å². The third-order valence-corrected chi connectivity index (χ3v) is 2.44. The molecular formula is C13H20F3N2O5-. The fourth-order valence-electron chi connectivity index (χ4n) is 1.47. The molecule has 7 nitrogen and oxygen atoms in total. The molecule has 0 saturated heterocycles. The van der Waals surface area contributed by atoms with E-state index in [1.165, 1.54) is 0 Å². The zero-order valence-electron chi connectivity index (χ0n) is 13.1. The Morgan fingerprint density at radius 2 is 1.70 bits per heavy atom. The van der Waals surface area contributed by atoms with E-state index in [1.54, 1.807) is 26.1 Å². The van der Waals surface area contributed by atoms with Gasteiger partial charge in [0.1, 0.15) is 5.60 Å². The van der Waals surface area contributed by atoms with Crippen molar-refractivity contribution in [2.75, 3.05) is 6.54 Å². The summed E-state index contributed by atoms with van der Waals surface area (Å²) in [7, 11) is 0. The second-order valence-electron chi connectivity index (χ2n) is 5.77. The zero-order valence-corrected chi connectivity index (χ0v) is 13.1. The number of carbonyl (C=O) groups is 3. The van der Waals surface area contributed by atoms with Crippen molar-refractivity contribution in [3.05, 3.63) is 0 Å². The summed E-state index contributed by atoms with van der Waals surface area (Å²) in [6.07, 6.45) is -5.68. The molecule has 2 amide bonds. The van der Waals surface area contributed by atoms with E-state index in [1.807, 2.05) is 0 Å². The lowest BCUT2D eigenvalue weighted by Gasteiger charge is -2.24. The Morgan fingerprint density at radius 1 is 1.13 bits per heavy atom. The standard InChI is InChI=1S/C13H21F3N2O5/c1-12(2,3)23-11(22)18-8(9(19)20)6-4-5-7-17-10(21)13(14,15)16/h8H,4-7H2,1-3H3,(H,17,21)(H,18,22)(H,19,20)/p-1/t8-/m1/s1. The van der Waals surface area contributed by atoms with Gasteiger partial charge in [0.05, 0.1) is 12.0 Å². The number of carbonyl (C=O) groups excluding carboxylic acids is 3. The van der Waals surface area contributed by atoms with Gasteiger partial charge in [-0.05, 0) is 40.0 Å². The number of alkyl halides is 3. The molecule has 0 rings (SSSR count). The Kier molecular flexibility index (Phi) is 7.84.